The summed E-state index contributed by atoms with van der Waals surface area (Å²) >= 11 is 1.03. The van der Waals surface area contributed by atoms with Gasteiger partial charge < -0.3 is 10.5 Å². The van der Waals surface area contributed by atoms with Gasteiger partial charge in [0.15, 0.2) is 5.17 Å². The Morgan fingerprint density at radius 3 is 2.76 bits per heavy atom. The third kappa shape index (κ3) is 8.53. The van der Waals surface area contributed by atoms with E-state index in [0.717, 1.165) is 37.4 Å². The Balaban J connectivity index is 1.95. The lowest BCUT2D eigenvalue weighted by Crippen LogP contribution is -2.46. The molecule has 0 saturated heterocycles. The SMILES string of the molecule is CC1/C=C\CCC(C(C)(C)OC(=O)CNC2SC(N=C=O)=NC2C(=N)C(N)=O)CCCCC1. The molecule has 1 heterocycles. The van der Waals surface area contributed by atoms with Crippen molar-refractivity contribution in [1.82, 2.24) is 5.32 Å². The number of carbonyl (C=O) groups is 2. The average molecular weight is 478 g/mol. The van der Waals surface area contributed by atoms with Crippen LogP contribution in [0, 0.1) is 17.2 Å². The highest BCUT2D eigenvalue weighted by molar-refractivity contribution is 8.14. The molecule has 2 rings (SSSR count). The first-order valence-corrected chi connectivity index (χ1v) is 12.3. The molecule has 4 atom stereocenters. The van der Waals surface area contributed by atoms with Gasteiger partial charge in [-0.15, -0.1) is 4.99 Å². The van der Waals surface area contributed by atoms with Gasteiger partial charge in [0.2, 0.25) is 6.08 Å². The minimum absolute atomic E-state index is 0.0759. The van der Waals surface area contributed by atoms with Gasteiger partial charge in [0.1, 0.15) is 17.4 Å². The average Bonchev–Trinajstić information content (AvgIpc) is 3.12. The number of hydrogen-bond acceptors (Lipinski definition) is 9. The maximum absolute atomic E-state index is 12.7. The molecule has 0 aromatic carbocycles. The Bertz CT molecular complexity index is 835. The number of rotatable bonds is 7. The predicted octanol–water partition coefficient (Wildman–Crippen LogP) is 3.09. The molecule has 33 heavy (non-hydrogen) atoms. The van der Waals surface area contributed by atoms with Crippen LogP contribution in [0.1, 0.15) is 65.7 Å². The first kappa shape index (κ1) is 27.0. The summed E-state index contributed by atoms with van der Waals surface area (Å²) in [5, 5.41) is 10.3. The van der Waals surface area contributed by atoms with Crippen molar-refractivity contribution in [3.05, 3.63) is 12.2 Å². The smallest absolute Gasteiger partial charge is 0.320 e. The fourth-order valence-corrected chi connectivity index (χ4v) is 5.18. The summed E-state index contributed by atoms with van der Waals surface area (Å²) in [4.78, 5) is 42.2. The molecular weight excluding hydrogens is 442 g/mol. The second kappa shape index (κ2) is 12.8. The lowest BCUT2D eigenvalue weighted by atomic mass is 9.82. The number of isocyanates is 1. The predicted molar refractivity (Wildman–Crippen MR) is 130 cm³/mol. The summed E-state index contributed by atoms with van der Waals surface area (Å²) in [5.41, 5.74) is 4.15. The summed E-state index contributed by atoms with van der Waals surface area (Å²) in [6.45, 7) is 6.03. The van der Waals surface area contributed by atoms with Crippen LogP contribution in [0.5, 0.6) is 0 Å². The van der Waals surface area contributed by atoms with Crippen LogP contribution in [0.4, 0.5) is 0 Å². The van der Waals surface area contributed by atoms with Crippen molar-refractivity contribution in [3.63, 3.8) is 0 Å². The number of ether oxygens (including phenoxy) is 1. The topological polar surface area (TPSA) is 147 Å². The first-order chi connectivity index (χ1) is 15.6. The second-order valence-electron chi connectivity index (χ2n) is 9.15. The van der Waals surface area contributed by atoms with Crippen LogP contribution in [-0.4, -0.2) is 52.4 Å². The van der Waals surface area contributed by atoms with E-state index in [2.05, 4.69) is 34.4 Å². The first-order valence-electron chi connectivity index (χ1n) is 11.5. The molecule has 0 saturated carbocycles. The van der Waals surface area contributed by atoms with E-state index in [4.69, 9.17) is 15.9 Å². The minimum atomic E-state index is -0.947. The molecule has 0 aromatic rings. The highest BCUT2D eigenvalue weighted by Crippen LogP contribution is 2.32. The maximum atomic E-state index is 12.7. The summed E-state index contributed by atoms with van der Waals surface area (Å²) in [6.07, 6.45) is 13.6. The number of carbonyl (C=O) groups excluding carboxylic acids is 3. The molecule has 4 unspecified atom stereocenters. The highest BCUT2D eigenvalue weighted by Gasteiger charge is 2.37. The normalized spacial score (nSPS) is 27.4. The molecule has 0 aromatic heterocycles. The Morgan fingerprint density at radius 2 is 2.06 bits per heavy atom. The molecule has 2 aliphatic rings. The minimum Gasteiger partial charge on any atom is -0.458 e. The molecule has 0 bridgehead atoms. The van der Waals surface area contributed by atoms with E-state index in [1.54, 1.807) is 0 Å². The number of nitrogens with one attached hydrogen (secondary N) is 2. The van der Waals surface area contributed by atoms with Gasteiger partial charge >= 0.3 is 5.97 Å². The van der Waals surface area contributed by atoms with Crippen LogP contribution in [0.3, 0.4) is 0 Å². The molecule has 1 amide bonds. The molecule has 0 radical (unpaired) electrons. The van der Waals surface area contributed by atoms with Crippen LogP contribution < -0.4 is 11.1 Å². The van der Waals surface area contributed by atoms with Gasteiger partial charge in [0.25, 0.3) is 5.91 Å². The summed E-state index contributed by atoms with van der Waals surface area (Å²) in [6, 6.07) is -0.947. The summed E-state index contributed by atoms with van der Waals surface area (Å²) < 4.78 is 5.87. The lowest BCUT2D eigenvalue weighted by Gasteiger charge is -2.34. The molecule has 10 heteroatoms. The van der Waals surface area contributed by atoms with Crippen molar-refractivity contribution < 1.29 is 19.1 Å². The maximum Gasteiger partial charge on any atom is 0.320 e. The van der Waals surface area contributed by atoms with Crippen LogP contribution in [0.25, 0.3) is 0 Å². The monoisotopic (exact) mass is 477 g/mol. The van der Waals surface area contributed by atoms with E-state index in [9.17, 15) is 14.4 Å². The van der Waals surface area contributed by atoms with Crippen molar-refractivity contribution in [3.8, 4) is 0 Å². The Hall–Kier alpha value is -2.29. The molecular formula is C23H35N5O4S. The van der Waals surface area contributed by atoms with Crippen molar-refractivity contribution in [2.45, 2.75) is 82.7 Å². The van der Waals surface area contributed by atoms with E-state index < -0.39 is 34.6 Å². The highest BCUT2D eigenvalue weighted by atomic mass is 32.2. The van der Waals surface area contributed by atoms with Crippen molar-refractivity contribution >= 4 is 40.6 Å². The van der Waals surface area contributed by atoms with Gasteiger partial charge in [-0.05, 0) is 51.4 Å². The number of hydrogen-bond donors (Lipinski definition) is 3. The van der Waals surface area contributed by atoms with Crippen LogP contribution >= 0.6 is 11.8 Å². The number of esters is 1. The number of nitrogens with two attached hydrogens (primary N) is 1. The number of nitrogens with zero attached hydrogens (tertiary/aromatic N) is 2. The van der Waals surface area contributed by atoms with Crippen LogP contribution in [-0.2, 0) is 19.1 Å². The summed E-state index contributed by atoms with van der Waals surface area (Å²) in [7, 11) is 0. The number of amidine groups is 1. The fraction of sp³-hybridized carbons (Fsp3) is 0.696. The van der Waals surface area contributed by atoms with Crippen molar-refractivity contribution in [2.24, 2.45) is 27.6 Å². The molecule has 9 nitrogen and oxygen atoms in total. The standard InChI is InChI=1S/C23H35N5O4S/c1-15-9-5-4-6-11-16(12-8-7-10-15)23(2,3)32-17(30)13-26-21-19(18(24)20(25)31)28-22(33-21)27-14-29/h7,10,15-16,19,21,24,26H,4-6,8-9,11-13H2,1-3H3,(H2,25,31)/b10-7-,24-18?. The largest absolute Gasteiger partial charge is 0.458 e. The van der Waals surface area contributed by atoms with Crippen molar-refractivity contribution in [1.29, 1.82) is 5.41 Å². The zero-order valence-electron chi connectivity index (χ0n) is 19.6. The van der Waals surface area contributed by atoms with Gasteiger partial charge in [-0.25, -0.2) is 9.79 Å². The molecule has 4 N–H and O–H groups in total. The van der Waals surface area contributed by atoms with Crippen LogP contribution in [0.15, 0.2) is 22.1 Å². The van der Waals surface area contributed by atoms with E-state index in [-0.39, 0.29) is 17.6 Å². The van der Waals surface area contributed by atoms with Gasteiger partial charge in [-0.3, -0.25) is 20.3 Å². The van der Waals surface area contributed by atoms with Gasteiger partial charge in [0, 0.05) is 0 Å². The fourth-order valence-electron chi connectivity index (χ4n) is 4.20. The Morgan fingerprint density at radius 1 is 1.33 bits per heavy atom. The molecule has 0 fully saturated rings. The Kier molecular flexibility index (Phi) is 10.5. The third-order valence-electron chi connectivity index (χ3n) is 6.14. The summed E-state index contributed by atoms with van der Waals surface area (Å²) in [5.74, 6) is -0.510. The number of thioether (sulfide) groups is 1. The van der Waals surface area contributed by atoms with E-state index in [1.165, 1.54) is 25.3 Å². The van der Waals surface area contributed by atoms with E-state index in [0.29, 0.717) is 5.92 Å². The molecule has 0 spiro atoms. The number of amides is 1. The van der Waals surface area contributed by atoms with Crippen molar-refractivity contribution in [2.75, 3.05) is 6.54 Å². The molecule has 182 valence electrons. The van der Waals surface area contributed by atoms with Crippen LogP contribution in [0.2, 0.25) is 0 Å². The van der Waals surface area contributed by atoms with E-state index in [1.807, 2.05) is 13.8 Å². The van der Waals surface area contributed by atoms with Gasteiger partial charge in [-0.1, -0.05) is 50.1 Å². The zero-order chi connectivity index (χ0) is 24.4. The van der Waals surface area contributed by atoms with Gasteiger partial charge in [-0.2, -0.15) is 0 Å². The Labute approximate surface area is 199 Å². The second-order valence-corrected chi connectivity index (χ2v) is 10.3. The zero-order valence-corrected chi connectivity index (χ0v) is 20.5. The number of aliphatic imine (C=N–C) groups is 2. The number of primary amides is 1. The van der Waals surface area contributed by atoms with E-state index >= 15 is 0 Å². The molecule has 1 aliphatic heterocycles. The quantitative estimate of drug-likeness (QED) is 0.222. The van der Waals surface area contributed by atoms with Gasteiger partial charge in [0.05, 0.1) is 11.9 Å². The number of allylic oxidation sites excluding steroid dienone is 2. The molecule has 1 aliphatic carbocycles. The lowest BCUT2D eigenvalue weighted by molar-refractivity contribution is -0.161. The third-order valence-corrected chi connectivity index (χ3v) is 7.22.